The highest BCUT2D eigenvalue weighted by atomic mass is 16.4. The molecule has 6 heteroatoms. The zero-order chi connectivity index (χ0) is 16.7. The predicted octanol–water partition coefficient (Wildman–Crippen LogP) is 2.47. The monoisotopic (exact) mass is 325 g/mol. The van der Waals surface area contributed by atoms with E-state index in [-0.39, 0.29) is 11.9 Å². The first-order chi connectivity index (χ1) is 11.6. The number of anilines is 1. The number of carboxylic acids is 1. The van der Waals surface area contributed by atoms with Gasteiger partial charge in [0.25, 0.3) is 0 Å². The number of aryl methyl sites for hydroxylation is 1. The molecule has 2 N–H and O–H groups in total. The Morgan fingerprint density at radius 1 is 1.21 bits per heavy atom. The molecule has 1 heterocycles. The van der Waals surface area contributed by atoms with Crippen molar-refractivity contribution in [3.63, 3.8) is 0 Å². The molecule has 0 radical (unpaired) electrons. The number of carbonyl (C=O) groups excluding carboxylic acids is 1. The van der Waals surface area contributed by atoms with Crippen molar-refractivity contribution in [3.8, 4) is 0 Å². The van der Waals surface area contributed by atoms with Crippen molar-refractivity contribution < 1.29 is 14.7 Å². The quantitative estimate of drug-likeness (QED) is 0.904. The Bertz CT molecular complexity index is 798. The number of benzene rings is 1. The smallest absolute Gasteiger partial charge is 0.307 e. The molecular formula is C18H19N3O3. The molecule has 2 aromatic rings. The minimum absolute atomic E-state index is 0.106. The number of aromatic nitrogens is 2. The molecule has 1 aromatic carbocycles. The molecule has 0 saturated heterocycles. The largest absolute Gasteiger partial charge is 0.481 e. The molecule has 1 aromatic heterocycles. The van der Waals surface area contributed by atoms with Gasteiger partial charge in [0.1, 0.15) is 5.82 Å². The molecule has 1 fully saturated rings. The van der Waals surface area contributed by atoms with Crippen molar-refractivity contribution in [1.82, 2.24) is 9.78 Å². The maximum Gasteiger partial charge on any atom is 0.307 e. The van der Waals surface area contributed by atoms with E-state index >= 15 is 0 Å². The van der Waals surface area contributed by atoms with Crippen LogP contribution in [-0.2, 0) is 16.0 Å². The standard InChI is InChI=1S/C18H19N3O3/c22-17(13-10-14(13)18(23)24)20-16-8-9-19-21(16)15-7-3-5-11-4-1-2-6-12(11)15/h1-2,4,6,8-9,13-15H,3,5,7,10H2,(H,20,22)(H,23,24)/t13-,14-,15?/m0/s1. The topological polar surface area (TPSA) is 84.2 Å². The highest BCUT2D eigenvalue weighted by molar-refractivity contribution is 5.97. The van der Waals surface area contributed by atoms with Gasteiger partial charge in [-0.25, -0.2) is 4.68 Å². The highest BCUT2D eigenvalue weighted by Crippen LogP contribution is 2.40. The molecular weight excluding hydrogens is 306 g/mol. The van der Waals surface area contributed by atoms with Gasteiger partial charge in [-0.1, -0.05) is 24.3 Å². The highest BCUT2D eigenvalue weighted by Gasteiger charge is 2.48. The van der Waals surface area contributed by atoms with Gasteiger partial charge in [0.15, 0.2) is 0 Å². The van der Waals surface area contributed by atoms with Gasteiger partial charge in [0, 0.05) is 6.07 Å². The van der Waals surface area contributed by atoms with E-state index in [9.17, 15) is 9.59 Å². The summed E-state index contributed by atoms with van der Waals surface area (Å²) in [6.07, 6.45) is 5.22. The van der Waals surface area contributed by atoms with E-state index in [1.807, 2.05) is 16.8 Å². The summed E-state index contributed by atoms with van der Waals surface area (Å²) in [4.78, 5) is 23.2. The van der Waals surface area contributed by atoms with Crippen LogP contribution in [0.15, 0.2) is 36.5 Å². The van der Waals surface area contributed by atoms with Crippen molar-refractivity contribution in [2.45, 2.75) is 31.7 Å². The number of nitrogens with one attached hydrogen (secondary N) is 1. The summed E-state index contributed by atoms with van der Waals surface area (Å²) < 4.78 is 1.86. The fourth-order valence-corrected chi connectivity index (χ4v) is 3.62. The number of fused-ring (bicyclic) bond motifs is 1. The van der Waals surface area contributed by atoms with Crippen LogP contribution < -0.4 is 5.32 Å². The van der Waals surface area contributed by atoms with Crippen LogP contribution in [0.4, 0.5) is 5.82 Å². The molecule has 3 atom stereocenters. The molecule has 1 saturated carbocycles. The van der Waals surface area contributed by atoms with Crippen LogP contribution in [0, 0.1) is 11.8 Å². The van der Waals surface area contributed by atoms with E-state index in [1.165, 1.54) is 11.1 Å². The van der Waals surface area contributed by atoms with Crippen LogP contribution in [0.3, 0.4) is 0 Å². The molecule has 6 nitrogen and oxygen atoms in total. The zero-order valence-electron chi connectivity index (χ0n) is 13.2. The Balaban J connectivity index is 1.56. The molecule has 1 unspecified atom stereocenters. The molecule has 24 heavy (non-hydrogen) atoms. The Kier molecular flexibility index (Phi) is 3.59. The SMILES string of the molecule is O=C(O)[C@H]1C[C@@H]1C(=O)Nc1ccnn1C1CCCc2ccccc21. The normalized spacial score (nSPS) is 24.9. The number of carboxylic acid groups (broad SMARTS) is 1. The van der Waals surface area contributed by atoms with Gasteiger partial charge in [-0.05, 0) is 36.8 Å². The molecule has 0 aliphatic heterocycles. The van der Waals surface area contributed by atoms with E-state index < -0.39 is 17.8 Å². The maximum atomic E-state index is 12.3. The fourth-order valence-electron chi connectivity index (χ4n) is 3.62. The summed E-state index contributed by atoms with van der Waals surface area (Å²) in [6, 6.07) is 10.2. The third-order valence-electron chi connectivity index (χ3n) is 5.00. The van der Waals surface area contributed by atoms with Crippen molar-refractivity contribution in [2.75, 3.05) is 5.32 Å². The lowest BCUT2D eigenvalue weighted by Crippen LogP contribution is -2.23. The predicted molar refractivity (Wildman–Crippen MR) is 87.6 cm³/mol. The molecule has 1 amide bonds. The second kappa shape index (κ2) is 5.78. The van der Waals surface area contributed by atoms with Gasteiger partial charge in [-0.15, -0.1) is 0 Å². The lowest BCUT2D eigenvalue weighted by molar-refractivity contribution is -0.139. The summed E-state index contributed by atoms with van der Waals surface area (Å²) in [7, 11) is 0. The molecule has 2 aliphatic carbocycles. The maximum absolute atomic E-state index is 12.3. The number of nitrogens with zero attached hydrogens (tertiary/aromatic N) is 2. The van der Waals surface area contributed by atoms with E-state index in [2.05, 4.69) is 22.5 Å². The van der Waals surface area contributed by atoms with Crippen molar-refractivity contribution in [2.24, 2.45) is 11.8 Å². The fraction of sp³-hybridized carbons (Fsp3) is 0.389. The summed E-state index contributed by atoms with van der Waals surface area (Å²) in [6.45, 7) is 0. The molecule has 0 bridgehead atoms. The van der Waals surface area contributed by atoms with E-state index in [1.54, 1.807) is 12.3 Å². The number of carbonyl (C=O) groups is 2. The average Bonchev–Trinajstić information content (AvgIpc) is 3.28. The first-order valence-corrected chi connectivity index (χ1v) is 8.30. The molecule has 4 rings (SSSR count). The summed E-state index contributed by atoms with van der Waals surface area (Å²) >= 11 is 0. The first kappa shape index (κ1) is 14.9. The van der Waals surface area contributed by atoms with Gasteiger partial charge in [0.2, 0.25) is 5.91 Å². The number of hydrogen-bond acceptors (Lipinski definition) is 3. The van der Waals surface area contributed by atoms with Gasteiger partial charge in [0.05, 0.1) is 24.1 Å². The first-order valence-electron chi connectivity index (χ1n) is 8.30. The lowest BCUT2D eigenvalue weighted by atomic mass is 9.88. The van der Waals surface area contributed by atoms with Crippen molar-refractivity contribution >= 4 is 17.7 Å². The van der Waals surface area contributed by atoms with Gasteiger partial charge in [-0.3, -0.25) is 9.59 Å². The minimum atomic E-state index is -0.898. The second-order valence-electron chi connectivity index (χ2n) is 6.54. The number of amides is 1. The van der Waals surface area contributed by atoms with Crippen molar-refractivity contribution in [1.29, 1.82) is 0 Å². The average molecular weight is 325 g/mol. The Hall–Kier alpha value is -2.63. The summed E-state index contributed by atoms with van der Waals surface area (Å²) in [5.41, 5.74) is 2.58. The Labute approximate surface area is 139 Å². The van der Waals surface area contributed by atoms with E-state index in [0.29, 0.717) is 12.2 Å². The van der Waals surface area contributed by atoms with Crippen LogP contribution in [-0.4, -0.2) is 26.8 Å². The Morgan fingerprint density at radius 3 is 2.83 bits per heavy atom. The van der Waals surface area contributed by atoms with Crippen LogP contribution in [0.25, 0.3) is 0 Å². The van der Waals surface area contributed by atoms with Crippen LogP contribution in [0.5, 0.6) is 0 Å². The second-order valence-corrected chi connectivity index (χ2v) is 6.54. The summed E-state index contributed by atoms with van der Waals surface area (Å²) in [5, 5.41) is 16.2. The molecule has 124 valence electrons. The van der Waals surface area contributed by atoms with Gasteiger partial charge < -0.3 is 10.4 Å². The number of rotatable bonds is 4. The van der Waals surface area contributed by atoms with Crippen molar-refractivity contribution in [3.05, 3.63) is 47.7 Å². The van der Waals surface area contributed by atoms with E-state index in [0.717, 1.165) is 19.3 Å². The zero-order valence-corrected chi connectivity index (χ0v) is 13.2. The Morgan fingerprint density at radius 2 is 2.04 bits per heavy atom. The minimum Gasteiger partial charge on any atom is -0.481 e. The van der Waals surface area contributed by atoms with E-state index in [4.69, 9.17) is 5.11 Å². The van der Waals surface area contributed by atoms with Gasteiger partial charge in [-0.2, -0.15) is 5.10 Å². The van der Waals surface area contributed by atoms with Crippen LogP contribution in [0.2, 0.25) is 0 Å². The number of aliphatic carboxylic acids is 1. The third-order valence-corrected chi connectivity index (χ3v) is 5.00. The molecule has 2 aliphatic rings. The lowest BCUT2D eigenvalue weighted by Gasteiger charge is -2.27. The summed E-state index contributed by atoms with van der Waals surface area (Å²) in [5.74, 6) is -1.46. The molecule has 0 spiro atoms. The van der Waals surface area contributed by atoms with Crippen LogP contribution >= 0.6 is 0 Å². The number of hydrogen-bond donors (Lipinski definition) is 2. The van der Waals surface area contributed by atoms with Gasteiger partial charge >= 0.3 is 5.97 Å². The van der Waals surface area contributed by atoms with Crippen LogP contribution in [0.1, 0.15) is 36.4 Å². The third kappa shape index (κ3) is 2.58.